The zero-order valence-corrected chi connectivity index (χ0v) is 11.5. The first-order valence-electron chi connectivity index (χ1n) is 6.67. The average Bonchev–Trinajstić information content (AvgIpc) is 2.94. The highest BCUT2D eigenvalue weighted by Crippen LogP contribution is 2.25. The van der Waals surface area contributed by atoms with Gasteiger partial charge in [0.25, 0.3) is 0 Å². The SMILES string of the molecule is CC(C)c1nc(COc2cccc3ccccc23)no1. The van der Waals surface area contributed by atoms with Crippen LogP contribution < -0.4 is 4.74 Å². The van der Waals surface area contributed by atoms with E-state index in [-0.39, 0.29) is 5.92 Å². The summed E-state index contributed by atoms with van der Waals surface area (Å²) in [6.45, 7) is 4.34. The molecule has 4 heteroatoms. The Kier molecular flexibility index (Phi) is 3.37. The van der Waals surface area contributed by atoms with Gasteiger partial charge >= 0.3 is 0 Å². The van der Waals surface area contributed by atoms with E-state index in [9.17, 15) is 0 Å². The molecule has 0 spiro atoms. The summed E-state index contributed by atoms with van der Waals surface area (Å²) in [5.41, 5.74) is 0. The van der Waals surface area contributed by atoms with Gasteiger partial charge in [-0.25, -0.2) is 0 Å². The number of aromatic nitrogens is 2. The van der Waals surface area contributed by atoms with Crippen LogP contribution in [0.25, 0.3) is 10.8 Å². The smallest absolute Gasteiger partial charge is 0.229 e. The van der Waals surface area contributed by atoms with Gasteiger partial charge in [-0.3, -0.25) is 0 Å². The normalized spacial score (nSPS) is 11.2. The monoisotopic (exact) mass is 268 g/mol. The van der Waals surface area contributed by atoms with Crippen LogP contribution in [0.1, 0.15) is 31.5 Å². The lowest BCUT2D eigenvalue weighted by Gasteiger charge is -2.07. The summed E-state index contributed by atoms with van der Waals surface area (Å²) in [6, 6.07) is 14.1. The lowest BCUT2D eigenvalue weighted by atomic mass is 10.1. The molecule has 1 aromatic heterocycles. The van der Waals surface area contributed by atoms with E-state index in [1.165, 1.54) is 0 Å². The summed E-state index contributed by atoms with van der Waals surface area (Å²) in [5.74, 6) is 2.27. The van der Waals surface area contributed by atoms with Crippen LogP contribution in [-0.2, 0) is 6.61 Å². The number of fused-ring (bicyclic) bond motifs is 1. The average molecular weight is 268 g/mol. The Morgan fingerprint density at radius 2 is 1.90 bits per heavy atom. The maximum atomic E-state index is 5.81. The standard InChI is InChI=1S/C16H16N2O2/c1-11(2)16-17-15(18-20-16)10-19-14-9-5-7-12-6-3-4-8-13(12)14/h3-9,11H,10H2,1-2H3. The van der Waals surface area contributed by atoms with Gasteiger partial charge in [0.2, 0.25) is 11.7 Å². The second-order valence-corrected chi connectivity index (χ2v) is 4.97. The van der Waals surface area contributed by atoms with Crippen molar-refractivity contribution < 1.29 is 9.26 Å². The highest BCUT2D eigenvalue weighted by molar-refractivity contribution is 5.88. The van der Waals surface area contributed by atoms with E-state index in [0.717, 1.165) is 16.5 Å². The highest BCUT2D eigenvalue weighted by Gasteiger charge is 2.10. The first-order chi connectivity index (χ1) is 9.74. The van der Waals surface area contributed by atoms with E-state index >= 15 is 0 Å². The van der Waals surface area contributed by atoms with Gasteiger partial charge in [0, 0.05) is 11.3 Å². The third-order valence-electron chi connectivity index (χ3n) is 3.08. The molecule has 0 N–H and O–H groups in total. The molecule has 102 valence electrons. The molecule has 0 radical (unpaired) electrons. The number of benzene rings is 2. The van der Waals surface area contributed by atoms with Gasteiger partial charge in [0.15, 0.2) is 6.61 Å². The second kappa shape index (κ2) is 5.33. The molecule has 0 amide bonds. The molecule has 3 aromatic rings. The Hall–Kier alpha value is -2.36. The fraction of sp³-hybridized carbons (Fsp3) is 0.250. The molecular formula is C16H16N2O2. The molecule has 0 aliphatic heterocycles. The van der Waals surface area contributed by atoms with Crippen molar-refractivity contribution in [2.45, 2.75) is 26.4 Å². The summed E-state index contributed by atoms with van der Waals surface area (Å²) in [4.78, 5) is 4.30. The quantitative estimate of drug-likeness (QED) is 0.719. The fourth-order valence-corrected chi connectivity index (χ4v) is 2.02. The Balaban J connectivity index is 1.79. The lowest BCUT2D eigenvalue weighted by molar-refractivity contribution is 0.287. The van der Waals surface area contributed by atoms with E-state index in [0.29, 0.717) is 18.3 Å². The Bertz CT molecular complexity index is 714. The minimum absolute atomic E-state index is 0.230. The van der Waals surface area contributed by atoms with Crippen LogP contribution in [0.4, 0.5) is 0 Å². The Morgan fingerprint density at radius 3 is 2.70 bits per heavy atom. The zero-order valence-electron chi connectivity index (χ0n) is 11.5. The van der Waals surface area contributed by atoms with Crippen molar-refractivity contribution in [1.82, 2.24) is 10.1 Å². The molecule has 0 fully saturated rings. The van der Waals surface area contributed by atoms with Crippen LogP contribution in [0.5, 0.6) is 5.75 Å². The van der Waals surface area contributed by atoms with Gasteiger partial charge in [-0.05, 0) is 11.5 Å². The van der Waals surface area contributed by atoms with Crippen molar-refractivity contribution >= 4 is 10.8 Å². The first kappa shape index (κ1) is 12.7. The van der Waals surface area contributed by atoms with E-state index in [1.54, 1.807) is 0 Å². The van der Waals surface area contributed by atoms with E-state index in [4.69, 9.17) is 9.26 Å². The molecule has 0 saturated heterocycles. The van der Waals surface area contributed by atoms with Crippen LogP contribution in [0, 0.1) is 0 Å². The maximum absolute atomic E-state index is 5.81. The second-order valence-electron chi connectivity index (χ2n) is 4.97. The van der Waals surface area contributed by atoms with Crippen LogP contribution in [0.15, 0.2) is 47.0 Å². The third-order valence-corrected chi connectivity index (χ3v) is 3.08. The predicted octanol–water partition coefficient (Wildman–Crippen LogP) is 3.93. The molecule has 20 heavy (non-hydrogen) atoms. The van der Waals surface area contributed by atoms with Gasteiger partial charge < -0.3 is 9.26 Å². The van der Waals surface area contributed by atoms with Crippen LogP contribution in [-0.4, -0.2) is 10.1 Å². The molecule has 2 aromatic carbocycles. The molecule has 4 nitrogen and oxygen atoms in total. The summed E-state index contributed by atoms with van der Waals surface area (Å²) in [7, 11) is 0. The van der Waals surface area contributed by atoms with Crippen molar-refractivity contribution in [3.8, 4) is 5.75 Å². The topological polar surface area (TPSA) is 48.2 Å². The molecular weight excluding hydrogens is 252 g/mol. The van der Waals surface area contributed by atoms with Gasteiger partial charge in [0.05, 0.1) is 0 Å². The Labute approximate surface area is 117 Å². The molecule has 1 heterocycles. The van der Waals surface area contributed by atoms with Gasteiger partial charge in [-0.2, -0.15) is 4.98 Å². The van der Waals surface area contributed by atoms with Gasteiger partial charge in [-0.1, -0.05) is 55.4 Å². The summed E-state index contributed by atoms with van der Waals surface area (Å²) in [5, 5.41) is 6.16. The molecule has 0 atom stereocenters. The van der Waals surface area contributed by atoms with Gasteiger partial charge in [0.1, 0.15) is 5.75 Å². The van der Waals surface area contributed by atoms with Gasteiger partial charge in [-0.15, -0.1) is 0 Å². The highest BCUT2D eigenvalue weighted by atomic mass is 16.5. The summed E-state index contributed by atoms with van der Waals surface area (Å²) in [6.07, 6.45) is 0. The van der Waals surface area contributed by atoms with Crippen LogP contribution >= 0.6 is 0 Å². The minimum Gasteiger partial charge on any atom is -0.485 e. The maximum Gasteiger partial charge on any atom is 0.229 e. The number of nitrogens with zero attached hydrogens (tertiary/aromatic N) is 2. The van der Waals surface area contributed by atoms with Crippen LogP contribution in [0.2, 0.25) is 0 Å². The summed E-state index contributed by atoms with van der Waals surface area (Å²) >= 11 is 0. The number of hydrogen-bond donors (Lipinski definition) is 0. The zero-order chi connectivity index (χ0) is 13.9. The number of ether oxygens (including phenoxy) is 1. The van der Waals surface area contributed by atoms with Crippen molar-refractivity contribution in [3.63, 3.8) is 0 Å². The van der Waals surface area contributed by atoms with Crippen molar-refractivity contribution in [2.75, 3.05) is 0 Å². The molecule has 3 rings (SSSR count). The summed E-state index contributed by atoms with van der Waals surface area (Å²) < 4.78 is 11.0. The molecule has 0 aliphatic rings. The third kappa shape index (κ3) is 2.50. The number of hydrogen-bond acceptors (Lipinski definition) is 4. The molecule has 0 unspecified atom stereocenters. The molecule has 0 bridgehead atoms. The molecule has 0 saturated carbocycles. The Morgan fingerprint density at radius 1 is 1.10 bits per heavy atom. The van der Waals surface area contributed by atoms with E-state index in [1.807, 2.05) is 44.2 Å². The largest absolute Gasteiger partial charge is 0.485 e. The minimum atomic E-state index is 0.230. The van der Waals surface area contributed by atoms with E-state index in [2.05, 4.69) is 22.3 Å². The first-order valence-corrected chi connectivity index (χ1v) is 6.67. The predicted molar refractivity (Wildman–Crippen MR) is 76.7 cm³/mol. The molecule has 0 aliphatic carbocycles. The van der Waals surface area contributed by atoms with E-state index < -0.39 is 0 Å². The lowest BCUT2D eigenvalue weighted by Crippen LogP contribution is -1.98. The van der Waals surface area contributed by atoms with Crippen molar-refractivity contribution in [3.05, 3.63) is 54.2 Å². The van der Waals surface area contributed by atoms with Crippen molar-refractivity contribution in [1.29, 1.82) is 0 Å². The van der Waals surface area contributed by atoms with Crippen LogP contribution in [0.3, 0.4) is 0 Å². The number of rotatable bonds is 4. The fourth-order valence-electron chi connectivity index (χ4n) is 2.02. The van der Waals surface area contributed by atoms with Crippen molar-refractivity contribution in [2.24, 2.45) is 0 Å².